The van der Waals surface area contributed by atoms with Crippen LogP contribution in [0.5, 0.6) is 0 Å². The molecule has 0 aliphatic heterocycles. The van der Waals surface area contributed by atoms with E-state index in [0.717, 1.165) is 19.3 Å². The quantitative estimate of drug-likeness (QED) is 0.762. The fraction of sp³-hybridized carbons (Fsp3) is 0.286. The van der Waals surface area contributed by atoms with Crippen LogP contribution >= 0.6 is 11.6 Å². The predicted molar refractivity (Wildman–Crippen MR) is 65.3 cm³/mol. The van der Waals surface area contributed by atoms with E-state index < -0.39 is 0 Å². The average molecular weight is 247 g/mol. The van der Waals surface area contributed by atoms with Gasteiger partial charge in [0.1, 0.15) is 0 Å². The third kappa shape index (κ3) is 1.48. The Kier molecular flexibility index (Phi) is 2.40. The van der Waals surface area contributed by atoms with E-state index in [-0.39, 0.29) is 22.5 Å². The van der Waals surface area contributed by atoms with Gasteiger partial charge in [0.05, 0.1) is 5.03 Å². The molecule has 2 nitrogen and oxygen atoms in total. The van der Waals surface area contributed by atoms with E-state index in [2.05, 4.69) is 0 Å². The number of allylic oxidation sites excluding steroid dienone is 2. The maximum absolute atomic E-state index is 12.3. The molecular weight excluding hydrogens is 236 g/mol. The summed E-state index contributed by atoms with van der Waals surface area (Å²) in [6.07, 6.45) is 3.04. The van der Waals surface area contributed by atoms with Gasteiger partial charge in [0.15, 0.2) is 5.78 Å². The van der Waals surface area contributed by atoms with Crippen molar-refractivity contribution in [1.82, 2.24) is 0 Å². The molecule has 1 aromatic rings. The van der Waals surface area contributed by atoms with Crippen molar-refractivity contribution in [3.05, 3.63) is 46.0 Å². The minimum atomic E-state index is -0.205. The van der Waals surface area contributed by atoms with Crippen molar-refractivity contribution in [2.75, 3.05) is 0 Å². The lowest BCUT2D eigenvalue weighted by atomic mass is 9.74. The third-order valence-corrected chi connectivity index (χ3v) is 3.99. The molecule has 2 aliphatic rings. The minimum Gasteiger partial charge on any atom is -0.289 e. The van der Waals surface area contributed by atoms with Crippen molar-refractivity contribution in [2.24, 2.45) is 5.92 Å². The Labute approximate surface area is 104 Å². The summed E-state index contributed by atoms with van der Waals surface area (Å²) >= 11 is 6.07. The molecule has 0 saturated heterocycles. The van der Waals surface area contributed by atoms with E-state index in [1.807, 2.05) is 0 Å². The van der Waals surface area contributed by atoms with Gasteiger partial charge in [-0.25, -0.2) is 0 Å². The number of carbonyl (C=O) groups is 2. The number of ketones is 2. The average Bonchev–Trinajstić information content (AvgIpc) is 2.29. The molecule has 0 radical (unpaired) electrons. The van der Waals surface area contributed by atoms with Gasteiger partial charge < -0.3 is 0 Å². The molecule has 0 spiro atoms. The summed E-state index contributed by atoms with van der Waals surface area (Å²) in [5.74, 6) is -0.0778. The first-order valence-corrected chi connectivity index (χ1v) is 6.16. The second kappa shape index (κ2) is 3.81. The van der Waals surface area contributed by atoms with E-state index in [1.54, 1.807) is 24.3 Å². The summed E-state index contributed by atoms with van der Waals surface area (Å²) in [5, 5.41) is 0.137. The van der Waals surface area contributed by atoms with Crippen LogP contribution < -0.4 is 0 Å². The van der Waals surface area contributed by atoms with Crippen LogP contribution in [-0.4, -0.2) is 11.6 Å². The zero-order chi connectivity index (χ0) is 12.0. The SMILES string of the molecule is O=C1C(Cl)=C(C2CCC2)C(=O)c2ccccc21. The molecule has 86 valence electrons. The van der Waals surface area contributed by atoms with Crippen molar-refractivity contribution in [2.45, 2.75) is 19.3 Å². The topological polar surface area (TPSA) is 34.1 Å². The number of rotatable bonds is 1. The van der Waals surface area contributed by atoms with Gasteiger partial charge in [-0.3, -0.25) is 9.59 Å². The molecule has 0 aromatic heterocycles. The largest absolute Gasteiger partial charge is 0.289 e. The van der Waals surface area contributed by atoms with Gasteiger partial charge in [0.25, 0.3) is 0 Å². The highest BCUT2D eigenvalue weighted by molar-refractivity contribution is 6.50. The van der Waals surface area contributed by atoms with E-state index in [1.165, 1.54) is 0 Å². The van der Waals surface area contributed by atoms with Crippen LogP contribution in [0.2, 0.25) is 0 Å². The summed E-state index contributed by atoms with van der Waals surface area (Å²) in [6.45, 7) is 0. The van der Waals surface area contributed by atoms with Crippen LogP contribution in [0.4, 0.5) is 0 Å². The number of carbonyl (C=O) groups excluding carboxylic acids is 2. The Morgan fingerprint density at radius 3 is 2.12 bits per heavy atom. The van der Waals surface area contributed by atoms with Crippen LogP contribution in [0.1, 0.15) is 40.0 Å². The number of hydrogen-bond acceptors (Lipinski definition) is 2. The Hall–Kier alpha value is -1.41. The number of hydrogen-bond donors (Lipinski definition) is 0. The molecule has 1 aromatic carbocycles. The lowest BCUT2D eigenvalue weighted by Gasteiger charge is -2.30. The maximum atomic E-state index is 12.3. The number of halogens is 1. The molecule has 0 N–H and O–H groups in total. The van der Waals surface area contributed by atoms with Crippen LogP contribution in [0.3, 0.4) is 0 Å². The lowest BCUT2D eigenvalue weighted by Crippen LogP contribution is -2.27. The molecule has 0 atom stereocenters. The highest BCUT2D eigenvalue weighted by atomic mass is 35.5. The minimum absolute atomic E-state index is 0.0603. The van der Waals surface area contributed by atoms with Gasteiger partial charge in [-0.05, 0) is 18.8 Å². The van der Waals surface area contributed by atoms with Gasteiger partial charge in [-0.1, -0.05) is 42.3 Å². The second-order valence-electron chi connectivity index (χ2n) is 4.56. The van der Waals surface area contributed by atoms with Crippen LogP contribution in [0, 0.1) is 5.92 Å². The van der Waals surface area contributed by atoms with E-state index in [4.69, 9.17) is 11.6 Å². The monoisotopic (exact) mass is 246 g/mol. The molecule has 0 amide bonds. The van der Waals surface area contributed by atoms with Crippen LogP contribution in [0.25, 0.3) is 0 Å². The molecule has 0 unspecified atom stereocenters. The highest BCUT2D eigenvalue weighted by Crippen LogP contribution is 2.40. The molecular formula is C14H11ClO2. The van der Waals surface area contributed by atoms with Gasteiger partial charge >= 0.3 is 0 Å². The molecule has 3 heteroatoms. The predicted octanol–water partition coefficient (Wildman–Crippen LogP) is 3.36. The van der Waals surface area contributed by atoms with Crippen LogP contribution in [0.15, 0.2) is 34.9 Å². The lowest BCUT2D eigenvalue weighted by molar-refractivity contribution is 0.0962. The van der Waals surface area contributed by atoms with Gasteiger partial charge in [0, 0.05) is 16.7 Å². The zero-order valence-corrected chi connectivity index (χ0v) is 9.96. The van der Waals surface area contributed by atoms with E-state index in [0.29, 0.717) is 16.7 Å². The summed E-state index contributed by atoms with van der Waals surface area (Å²) in [5.41, 5.74) is 1.48. The Bertz CT molecular complexity index is 553. The van der Waals surface area contributed by atoms with Crippen molar-refractivity contribution in [1.29, 1.82) is 0 Å². The first kappa shape index (κ1) is 10.7. The summed E-state index contributed by atoms with van der Waals surface area (Å²) in [7, 11) is 0. The Balaban J connectivity index is 2.15. The number of Topliss-reactive ketones (excluding diaryl/α,β-unsaturated/α-hetero) is 2. The third-order valence-electron chi connectivity index (χ3n) is 3.61. The van der Waals surface area contributed by atoms with Gasteiger partial charge in [0.2, 0.25) is 5.78 Å². The van der Waals surface area contributed by atoms with Crippen molar-refractivity contribution < 1.29 is 9.59 Å². The van der Waals surface area contributed by atoms with Crippen molar-refractivity contribution >= 4 is 23.2 Å². The Morgan fingerprint density at radius 2 is 1.59 bits per heavy atom. The maximum Gasteiger partial charge on any atom is 0.205 e. The van der Waals surface area contributed by atoms with Crippen molar-refractivity contribution in [3.8, 4) is 0 Å². The molecule has 1 fully saturated rings. The van der Waals surface area contributed by atoms with Crippen LogP contribution in [-0.2, 0) is 0 Å². The standard InChI is InChI=1S/C14H11ClO2/c15-12-11(8-4-3-5-8)13(16)9-6-1-2-7-10(9)14(12)17/h1-2,6-8H,3-5H2. The summed E-state index contributed by atoms with van der Waals surface area (Å²) in [4.78, 5) is 24.4. The molecule has 3 rings (SSSR count). The Morgan fingerprint density at radius 1 is 1.00 bits per heavy atom. The summed E-state index contributed by atoms with van der Waals surface area (Å²) in [6, 6.07) is 6.90. The normalized spacial score (nSPS) is 20.3. The highest BCUT2D eigenvalue weighted by Gasteiger charge is 2.37. The summed E-state index contributed by atoms with van der Waals surface area (Å²) < 4.78 is 0. The van der Waals surface area contributed by atoms with Gasteiger partial charge in [-0.15, -0.1) is 0 Å². The molecule has 0 bridgehead atoms. The smallest absolute Gasteiger partial charge is 0.205 e. The van der Waals surface area contributed by atoms with Gasteiger partial charge in [-0.2, -0.15) is 0 Å². The van der Waals surface area contributed by atoms with Crippen molar-refractivity contribution in [3.63, 3.8) is 0 Å². The zero-order valence-electron chi connectivity index (χ0n) is 9.20. The van der Waals surface area contributed by atoms with E-state index in [9.17, 15) is 9.59 Å². The van der Waals surface area contributed by atoms with E-state index >= 15 is 0 Å². The fourth-order valence-electron chi connectivity index (χ4n) is 2.43. The number of benzene rings is 1. The second-order valence-corrected chi connectivity index (χ2v) is 4.94. The molecule has 2 aliphatic carbocycles. The molecule has 17 heavy (non-hydrogen) atoms. The fourth-order valence-corrected chi connectivity index (χ4v) is 2.77. The molecule has 0 heterocycles. The number of fused-ring (bicyclic) bond motifs is 1. The first-order valence-electron chi connectivity index (χ1n) is 5.78. The molecule has 1 saturated carbocycles. The first-order chi connectivity index (χ1) is 8.20.